The quantitative estimate of drug-likeness (QED) is 0.782. The Kier molecular flexibility index (Phi) is 6.09. The molecule has 2 amide bonds. The zero-order valence-corrected chi connectivity index (χ0v) is 16.1. The number of anilines is 1. The highest BCUT2D eigenvalue weighted by molar-refractivity contribution is 5.98. The van der Waals surface area contributed by atoms with Crippen LogP contribution in [0.5, 0.6) is 0 Å². The molecule has 1 aliphatic heterocycles. The molecule has 0 spiro atoms. The highest BCUT2D eigenvalue weighted by Crippen LogP contribution is 2.22. The number of benzene rings is 2. The first-order valence-corrected chi connectivity index (χ1v) is 9.29. The van der Waals surface area contributed by atoms with Gasteiger partial charge in [0.1, 0.15) is 0 Å². The largest absolute Gasteiger partial charge is 0.465 e. The number of likely N-dealkylation sites (tertiary alicyclic amines) is 1. The summed E-state index contributed by atoms with van der Waals surface area (Å²) in [5.74, 6) is -0.960. The minimum Gasteiger partial charge on any atom is -0.465 e. The number of methoxy groups -OCH3 is 1. The van der Waals surface area contributed by atoms with E-state index < -0.39 is 5.97 Å². The lowest BCUT2D eigenvalue weighted by atomic mass is 10.1. The number of rotatable bonds is 6. The Morgan fingerprint density at radius 2 is 1.93 bits per heavy atom. The molecule has 0 bridgehead atoms. The van der Waals surface area contributed by atoms with Crippen LogP contribution >= 0.6 is 0 Å². The van der Waals surface area contributed by atoms with Gasteiger partial charge in [0.15, 0.2) is 0 Å². The van der Waals surface area contributed by atoms with Gasteiger partial charge in [-0.05, 0) is 42.7 Å². The van der Waals surface area contributed by atoms with Gasteiger partial charge in [0.05, 0.1) is 18.6 Å². The second-order valence-electron chi connectivity index (χ2n) is 6.99. The molecule has 0 aliphatic carbocycles. The van der Waals surface area contributed by atoms with E-state index in [1.165, 1.54) is 12.7 Å². The maximum Gasteiger partial charge on any atom is 0.337 e. The minimum atomic E-state index is -0.420. The highest BCUT2D eigenvalue weighted by atomic mass is 16.5. The van der Waals surface area contributed by atoms with E-state index in [0.29, 0.717) is 24.3 Å². The summed E-state index contributed by atoms with van der Waals surface area (Å²) in [6.07, 6.45) is 0.995. The number of ether oxygens (including phenoxy) is 1. The summed E-state index contributed by atoms with van der Waals surface area (Å²) >= 11 is 0. The Morgan fingerprint density at radius 1 is 1.18 bits per heavy atom. The Morgan fingerprint density at radius 3 is 2.61 bits per heavy atom. The Balaban J connectivity index is 1.58. The highest BCUT2D eigenvalue weighted by Gasteiger charge is 2.34. The minimum absolute atomic E-state index is 0.00819. The number of esters is 1. The van der Waals surface area contributed by atoms with E-state index in [2.05, 4.69) is 5.32 Å². The average Bonchev–Trinajstić information content (AvgIpc) is 3.08. The molecule has 1 aliphatic rings. The lowest BCUT2D eigenvalue weighted by molar-refractivity contribution is -0.128. The van der Waals surface area contributed by atoms with Gasteiger partial charge in [-0.25, -0.2) is 4.79 Å². The fourth-order valence-corrected chi connectivity index (χ4v) is 3.36. The van der Waals surface area contributed by atoms with Crippen LogP contribution in [0.1, 0.15) is 27.9 Å². The predicted octanol–water partition coefficient (Wildman–Crippen LogP) is 2.81. The lowest BCUT2D eigenvalue weighted by Gasteiger charge is -2.17. The van der Waals surface area contributed by atoms with Crippen molar-refractivity contribution in [2.24, 2.45) is 5.92 Å². The second kappa shape index (κ2) is 8.69. The van der Waals surface area contributed by atoms with E-state index in [9.17, 15) is 14.4 Å². The lowest BCUT2D eigenvalue weighted by Crippen LogP contribution is -2.30. The van der Waals surface area contributed by atoms with Crippen molar-refractivity contribution in [3.63, 3.8) is 0 Å². The summed E-state index contributed by atoms with van der Waals surface area (Å²) in [7, 11) is 1.33. The zero-order valence-electron chi connectivity index (χ0n) is 16.1. The van der Waals surface area contributed by atoms with Crippen molar-refractivity contribution in [3.8, 4) is 0 Å². The van der Waals surface area contributed by atoms with Crippen LogP contribution < -0.4 is 5.32 Å². The summed E-state index contributed by atoms with van der Waals surface area (Å²) in [4.78, 5) is 38.2. The maximum atomic E-state index is 12.6. The molecule has 6 heteroatoms. The molecule has 2 aromatic carbocycles. The van der Waals surface area contributed by atoms with Gasteiger partial charge in [-0.3, -0.25) is 9.59 Å². The van der Waals surface area contributed by atoms with Crippen LogP contribution in [0.2, 0.25) is 0 Å². The normalized spacial score (nSPS) is 16.1. The molecule has 1 fully saturated rings. The molecule has 2 aromatic rings. The van der Waals surface area contributed by atoms with Gasteiger partial charge in [0.25, 0.3) is 0 Å². The molecular weight excluding hydrogens is 356 g/mol. The van der Waals surface area contributed by atoms with Gasteiger partial charge >= 0.3 is 5.97 Å². The van der Waals surface area contributed by atoms with E-state index >= 15 is 0 Å². The summed E-state index contributed by atoms with van der Waals surface area (Å²) < 4.78 is 4.70. The van der Waals surface area contributed by atoms with E-state index in [1.807, 2.05) is 37.3 Å². The summed E-state index contributed by atoms with van der Waals surface area (Å²) in [6, 6.07) is 15.0. The van der Waals surface area contributed by atoms with Crippen LogP contribution in [0.3, 0.4) is 0 Å². The van der Waals surface area contributed by atoms with Crippen LogP contribution in [-0.4, -0.2) is 42.9 Å². The zero-order chi connectivity index (χ0) is 20.1. The number of nitrogens with one attached hydrogen (secondary N) is 1. The molecule has 6 nitrogen and oxygen atoms in total. The van der Waals surface area contributed by atoms with Crippen molar-refractivity contribution in [2.75, 3.05) is 25.5 Å². The van der Waals surface area contributed by atoms with Gasteiger partial charge < -0.3 is 15.0 Å². The van der Waals surface area contributed by atoms with E-state index in [-0.39, 0.29) is 24.2 Å². The van der Waals surface area contributed by atoms with Crippen molar-refractivity contribution < 1.29 is 19.1 Å². The Labute approximate surface area is 164 Å². The van der Waals surface area contributed by atoms with Crippen LogP contribution in [0.4, 0.5) is 5.69 Å². The van der Waals surface area contributed by atoms with Crippen LogP contribution in [0, 0.1) is 12.8 Å². The van der Waals surface area contributed by atoms with Gasteiger partial charge in [-0.15, -0.1) is 0 Å². The Bertz CT molecular complexity index is 879. The van der Waals surface area contributed by atoms with Crippen molar-refractivity contribution in [1.82, 2.24) is 4.90 Å². The van der Waals surface area contributed by atoms with Crippen LogP contribution in [0.15, 0.2) is 48.5 Å². The number of hydrogen-bond acceptors (Lipinski definition) is 4. The number of carbonyl (C=O) groups excluding carboxylic acids is 3. The summed E-state index contributed by atoms with van der Waals surface area (Å²) in [5.41, 5.74) is 3.00. The third-order valence-electron chi connectivity index (χ3n) is 5.00. The number of hydrogen-bond donors (Lipinski definition) is 1. The topological polar surface area (TPSA) is 75.7 Å². The molecule has 146 valence electrons. The average molecular weight is 380 g/mol. The molecule has 1 saturated heterocycles. The number of amides is 2. The number of carbonyl (C=O) groups is 3. The number of nitrogens with zero attached hydrogens (tertiary/aromatic N) is 1. The Hall–Kier alpha value is -3.15. The molecule has 28 heavy (non-hydrogen) atoms. The van der Waals surface area contributed by atoms with Gasteiger partial charge in [-0.1, -0.05) is 30.3 Å². The van der Waals surface area contributed by atoms with Crippen molar-refractivity contribution in [3.05, 3.63) is 65.2 Å². The second-order valence-corrected chi connectivity index (χ2v) is 6.99. The fraction of sp³-hybridized carbons (Fsp3) is 0.318. The predicted molar refractivity (Wildman–Crippen MR) is 106 cm³/mol. The molecule has 0 radical (unpaired) electrons. The fourth-order valence-electron chi connectivity index (χ4n) is 3.36. The summed E-state index contributed by atoms with van der Waals surface area (Å²) in [6.45, 7) is 2.85. The monoisotopic (exact) mass is 380 g/mol. The molecule has 1 atom stereocenters. The van der Waals surface area contributed by atoms with Gasteiger partial charge in [0.2, 0.25) is 11.8 Å². The van der Waals surface area contributed by atoms with E-state index in [1.54, 1.807) is 23.1 Å². The molecule has 1 heterocycles. The molecular formula is C22H24N2O4. The first-order chi connectivity index (χ1) is 13.5. The van der Waals surface area contributed by atoms with Crippen molar-refractivity contribution in [2.45, 2.75) is 19.8 Å². The van der Waals surface area contributed by atoms with Crippen molar-refractivity contribution >= 4 is 23.5 Å². The van der Waals surface area contributed by atoms with Crippen molar-refractivity contribution in [1.29, 1.82) is 0 Å². The first kappa shape index (κ1) is 19.6. The van der Waals surface area contributed by atoms with E-state index in [0.717, 1.165) is 12.0 Å². The van der Waals surface area contributed by atoms with Crippen LogP contribution in [0.25, 0.3) is 0 Å². The smallest absolute Gasteiger partial charge is 0.337 e. The number of aryl methyl sites for hydroxylation is 1. The van der Waals surface area contributed by atoms with Crippen LogP contribution in [-0.2, 0) is 20.7 Å². The third-order valence-corrected chi connectivity index (χ3v) is 5.00. The van der Waals surface area contributed by atoms with Gasteiger partial charge in [0, 0.05) is 25.2 Å². The van der Waals surface area contributed by atoms with E-state index in [4.69, 9.17) is 4.74 Å². The molecule has 3 rings (SSSR count). The molecule has 0 saturated carbocycles. The first-order valence-electron chi connectivity index (χ1n) is 9.29. The summed E-state index contributed by atoms with van der Waals surface area (Å²) in [5, 5.41) is 2.88. The molecule has 1 N–H and O–H groups in total. The SMILES string of the molecule is COC(=O)c1ccc(NC(=O)C2CC(=O)N(CCc3ccccc3)C2)c(C)c1. The maximum absolute atomic E-state index is 12.6. The van der Waals surface area contributed by atoms with Gasteiger partial charge in [-0.2, -0.15) is 0 Å². The standard InChI is InChI=1S/C22H24N2O4/c1-15-12-17(22(27)28-2)8-9-19(15)23-21(26)18-13-20(25)24(14-18)11-10-16-6-4-3-5-7-16/h3-9,12,18H,10-11,13-14H2,1-2H3,(H,23,26). The molecule has 1 unspecified atom stereocenters. The molecule has 0 aromatic heterocycles. The third kappa shape index (κ3) is 4.57.